The van der Waals surface area contributed by atoms with Gasteiger partial charge in [0.15, 0.2) is 0 Å². The summed E-state index contributed by atoms with van der Waals surface area (Å²) in [5, 5.41) is 2.86. The minimum Gasteiger partial charge on any atom is -0.324 e. The Labute approximate surface area is 93.4 Å². The average Bonchev–Trinajstić information content (AvgIpc) is 2.15. The van der Waals surface area contributed by atoms with E-state index in [-0.39, 0.29) is 11.4 Å². The summed E-state index contributed by atoms with van der Waals surface area (Å²) in [6.07, 6.45) is 0. The number of nitrogens with one attached hydrogen (secondary N) is 1. The highest BCUT2D eigenvalue weighted by Crippen LogP contribution is 2.33. The van der Waals surface area contributed by atoms with Crippen LogP contribution in [0.15, 0.2) is 23.1 Å². The molecule has 1 aromatic rings. The van der Waals surface area contributed by atoms with Crippen LogP contribution in [0.1, 0.15) is 19.4 Å². The number of fused-ring (bicyclic) bond motifs is 1. The van der Waals surface area contributed by atoms with Crippen molar-refractivity contribution >= 4 is 23.4 Å². The van der Waals surface area contributed by atoms with Gasteiger partial charge in [-0.05, 0) is 31.5 Å². The maximum atomic E-state index is 11.2. The van der Waals surface area contributed by atoms with Crippen molar-refractivity contribution in [3.05, 3.63) is 23.8 Å². The number of benzene rings is 1. The highest BCUT2D eigenvalue weighted by molar-refractivity contribution is 8.00. The lowest BCUT2D eigenvalue weighted by molar-refractivity contribution is -0.113. The standard InChI is InChI=1S/C11H14N2OS/c1-11(2,12)7-3-4-9-8(5-7)13-10(14)6-15-9/h3-5H,6,12H2,1-2H3,(H,13,14). The van der Waals surface area contributed by atoms with E-state index in [0.717, 1.165) is 16.1 Å². The molecule has 4 heteroatoms. The van der Waals surface area contributed by atoms with Crippen molar-refractivity contribution in [2.24, 2.45) is 5.73 Å². The minimum atomic E-state index is -0.373. The van der Waals surface area contributed by atoms with Crippen LogP contribution in [-0.4, -0.2) is 11.7 Å². The minimum absolute atomic E-state index is 0.0551. The summed E-state index contributed by atoms with van der Waals surface area (Å²) in [7, 11) is 0. The highest BCUT2D eigenvalue weighted by atomic mass is 32.2. The number of rotatable bonds is 1. The van der Waals surface area contributed by atoms with Crippen molar-refractivity contribution < 1.29 is 4.79 Å². The zero-order valence-electron chi connectivity index (χ0n) is 8.83. The van der Waals surface area contributed by atoms with E-state index >= 15 is 0 Å². The van der Waals surface area contributed by atoms with Crippen molar-refractivity contribution in [1.29, 1.82) is 0 Å². The van der Waals surface area contributed by atoms with E-state index in [4.69, 9.17) is 5.73 Å². The van der Waals surface area contributed by atoms with Gasteiger partial charge in [0.2, 0.25) is 5.91 Å². The molecule has 0 unspecified atom stereocenters. The fraction of sp³-hybridized carbons (Fsp3) is 0.364. The molecule has 3 N–H and O–H groups in total. The SMILES string of the molecule is CC(C)(N)c1ccc2c(c1)NC(=O)CS2. The summed E-state index contributed by atoms with van der Waals surface area (Å²) in [6.45, 7) is 3.90. The highest BCUT2D eigenvalue weighted by Gasteiger charge is 2.19. The number of anilines is 1. The average molecular weight is 222 g/mol. The van der Waals surface area contributed by atoms with Gasteiger partial charge in [-0.15, -0.1) is 11.8 Å². The number of carbonyl (C=O) groups is 1. The van der Waals surface area contributed by atoms with Crippen LogP contribution in [-0.2, 0) is 10.3 Å². The molecule has 80 valence electrons. The second kappa shape index (κ2) is 3.54. The summed E-state index contributed by atoms with van der Waals surface area (Å²) in [5.41, 5.74) is 7.55. The molecule has 0 fully saturated rings. The van der Waals surface area contributed by atoms with Gasteiger partial charge in [0.05, 0.1) is 11.4 Å². The number of nitrogens with two attached hydrogens (primary N) is 1. The van der Waals surface area contributed by atoms with Gasteiger partial charge in [-0.3, -0.25) is 4.79 Å². The van der Waals surface area contributed by atoms with Crippen molar-refractivity contribution in [3.63, 3.8) is 0 Å². The van der Waals surface area contributed by atoms with E-state index in [0.29, 0.717) is 5.75 Å². The van der Waals surface area contributed by atoms with Crippen molar-refractivity contribution in [2.75, 3.05) is 11.1 Å². The number of hydrogen-bond acceptors (Lipinski definition) is 3. The Bertz CT molecular complexity index is 410. The molecular weight excluding hydrogens is 208 g/mol. The zero-order chi connectivity index (χ0) is 11.1. The predicted molar refractivity (Wildman–Crippen MR) is 63.0 cm³/mol. The Morgan fingerprint density at radius 3 is 2.87 bits per heavy atom. The molecule has 0 bridgehead atoms. The normalized spacial score (nSPS) is 15.8. The number of carbonyl (C=O) groups excluding carboxylic acids is 1. The van der Waals surface area contributed by atoms with Crippen molar-refractivity contribution in [3.8, 4) is 0 Å². The lowest BCUT2D eigenvalue weighted by Gasteiger charge is -2.23. The maximum absolute atomic E-state index is 11.2. The van der Waals surface area contributed by atoms with Gasteiger partial charge in [0.1, 0.15) is 0 Å². The lowest BCUT2D eigenvalue weighted by atomic mass is 9.95. The van der Waals surface area contributed by atoms with Crippen LogP contribution in [0.2, 0.25) is 0 Å². The molecule has 0 atom stereocenters. The number of thioether (sulfide) groups is 1. The van der Waals surface area contributed by atoms with E-state index in [1.807, 2.05) is 32.0 Å². The van der Waals surface area contributed by atoms with E-state index in [1.54, 1.807) is 11.8 Å². The first-order valence-electron chi connectivity index (χ1n) is 4.83. The smallest absolute Gasteiger partial charge is 0.234 e. The van der Waals surface area contributed by atoms with E-state index in [2.05, 4.69) is 5.32 Å². The number of hydrogen-bond donors (Lipinski definition) is 2. The summed E-state index contributed by atoms with van der Waals surface area (Å²) in [6, 6.07) is 5.99. The molecule has 3 nitrogen and oxygen atoms in total. The van der Waals surface area contributed by atoms with Crippen molar-refractivity contribution in [2.45, 2.75) is 24.3 Å². The van der Waals surface area contributed by atoms with Crippen LogP contribution in [0.4, 0.5) is 5.69 Å². The first-order valence-corrected chi connectivity index (χ1v) is 5.81. The van der Waals surface area contributed by atoms with Crippen LogP contribution in [0, 0.1) is 0 Å². The van der Waals surface area contributed by atoms with Crippen LogP contribution in [0.3, 0.4) is 0 Å². The van der Waals surface area contributed by atoms with Gasteiger partial charge in [-0.1, -0.05) is 6.07 Å². The Morgan fingerprint density at radius 2 is 2.20 bits per heavy atom. The van der Waals surface area contributed by atoms with Crippen molar-refractivity contribution in [1.82, 2.24) is 0 Å². The van der Waals surface area contributed by atoms with Crippen LogP contribution in [0.25, 0.3) is 0 Å². The fourth-order valence-electron chi connectivity index (χ4n) is 1.48. The van der Waals surface area contributed by atoms with Gasteiger partial charge in [-0.25, -0.2) is 0 Å². The largest absolute Gasteiger partial charge is 0.324 e. The molecule has 15 heavy (non-hydrogen) atoms. The van der Waals surface area contributed by atoms with Gasteiger partial charge in [-0.2, -0.15) is 0 Å². The molecule has 0 aliphatic carbocycles. The summed E-state index contributed by atoms with van der Waals surface area (Å²) < 4.78 is 0. The molecule has 0 saturated carbocycles. The first kappa shape index (κ1) is 10.5. The van der Waals surface area contributed by atoms with Gasteiger partial charge in [0, 0.05) is 10.4 Å². The molecular formula is C11H14N2OS. The topological polar surface area (TPSA) is 55.1 Å². The molecule has 1 aliphatic heterocycles. The molecule has 2 rings (SSSR count). The Hall–Kier alpha value is -1.000. The fourth-order valence-corrected chi connectivity index (χ4v) is 2.27. The molecule has 0 radical (unpaired) electrons. The second-order valence-corrected chi connectivity index (χ2v) is 5.29. The van der Waals surface area contributed by atoms with Gasteiger partial charge < -0.3 is 11.1 Å². The van der Waals surface area contributed by atoms with E-state index in [9.17, 15) is 4.79 Å². The molecule has 1 aliphatic rings. The molecule has 1 heterocycles. The summed E-state index contributed by atoms with van der Waals surface area (Å²) >= 11 is 1.56. The van der Waals surface area contributed by atoms with Crippen LogP contribution < -0.4 is 11.1 Å². The zero-order valence-corrected chi connectivity index (χ0v) is 9.65. The third-order valence-corrected chi connectivity index (χ3v) is 3.43. The molecule has 0 aromatic heterocycles. The monoisotopic (exact) mass is 222 g/mol. The lowest BCUT2D eigenvalue weighted by Crippen LogP contribution is -2.29. The molecule has 0 saturated heterocycles. The predicted octanol–water partition coefficient (Wildman–Crippen LogP) is 1.92. The Balaban J connectivity index is 2.41. The molecule has 1 aromatic carbocycles. The quantitative estimate of drug-likeness (QED) is 0.763. The third kappa shape index (κ3) is 2.16. The van der Waals surface area contributed by atoms with E-state index < -0.39 is 0 Å². The Morgan fingerprint density at radius 1 is 1.47 bits per heavy atom. The Kier molecular flexibility index (Phi) is 2.48. The second-order valence-electron chi connectivity index (χ2n) is 4.27. The third-order valence-electron chi connectivity index (χ3n) is 2.36. The van der Waals surface area contributed by atoms with Gasteiger partial charge >= 0.3 is 0 Å². The van der Waals surface area contributed by atoms with Gasteiger partial charge in [0.25, 0.3) is 0 Å². The van der Waals surface area contributed by atoms with Crippen LogP contribution in [0.5, 0.6) is 0 Å². The summed E-state index contributed by atoms with van der Waals surface area (Å²) in [4.78, 5) is 12.3. The summed E-state index contributed by atoms with van der Waals surface area (Å²) in [5.74, 6) is 0.553. The van der Waals surface area contributed by atoms with E-state index in [1.165, 1.54) is 0 Å². The number of amides is 1. The molecule has 1 amide bonds. The first-order chi connectivity index (χ1) is 6.97. The maximum Gasteiger partial charge on any atom is 0.234 e. The molecule has 0 spiro atoms. The van der Waals surface area contributed by atoms with Crippen LogP contribution >= 0.6 is 11.8 Å².